The lowest BCUT2D eigenvalue weighted by atomic mass is 9.98. The van der Waals surface area contributed by atoms with Gasteiger partial charge in [-0.2, -0.15) is 0 Å². The molecule has 1 aromatic rings. The Balaban J connectivity index is 2.56. The number of halogens is 1. The van der Waals surface area contributed by atoms with E-state index in [-0.39, 0.29) is 6.04 Å². The van der Waals surface area contributed by atoms with Crippen LogP contribution in [0.2, 0.25) is 5.02 Å². The summed E-state index contributed by atoms with van der Waals surface area (Å²) in [5, 5.41) is 0.766. The second kappa shape index (κ2) is 5.38. The van der Waals surface area contributed by atoms with Gasteiger partial charge in [-0.15, -0.1) is 0 Å². The summed E-state index contributed by atoms with van der Waals surface area (Å²) < 4.78 is 0. The molecule has 0 aromatic heterocycles. The zero-order chi connectivity index (χ0) is 10.6. The minimum absolute atomic E-state index is 0.121. The first-order valence-electron chi connectivity index (χ1n) is 5.10. The number of rotatable bonds is 4. The van der Waals surface area contributed by atoms with Gasteiger partial charge >= 0.3 is 0 Å². The van der Waals surface area contributed by atoms with Crippen LogP contribution in [0.15, 0.2) is 24.3 Å². The van der Waals surface area contributed by atoms with E-state index in [4.69, 9.17) is 17.3 Å². The molecule has 1 nitrogen and oxygen atoms in total. The average molecular weight is 212 g/mol. The van der Waals surface area contributed by atoms with Crippen molar-refractivity contribution in [3.8, 4) is 0 Å². The Morgan fingerprint density at radius 3 is 2.57 bits per heavy atom. The molecule has 0 bridgehead atoms. The van der Waals surface area contributed by atoms with Gasteiger partial charge in [-0.3, -0.25) is 0 Å². The van der Waals surface area contributed by atoms with Crippen molar-refractivity contribution in [3.63, 3.8) is 0 Å². The molecule has 0 amide bonds. The van der Waals surface area contributed by atoms with Crippen LogP contribution in [0.4, 0.5) is 0 Å². The molecule has 0 heterocycles. The van der Waals surface area contributed by atoms with Crippen LogP contribution in [0, 0.1) is 5.92 Å². The summed E-state index contributed by atoms with van der Waals surface area (Å²) in [7, 11) is 0. The van der Waals surface area contributed by atoms with E-state index in [0.29, 0.717) is 5.92 Å². The fourth-order valence-corrected chi connectivity index (χ4v) is 1.62. The Bertz CT molecular complexity index is 283. The van der Waals surface area contributed by atoms with Gasteiger partial charge in [0, 0.05) is 11.1 Å². The summed E-state index contributed by atoms with van der Waals surface area (Å²) in [5.41, 5.74) is 7.19. The predicted octanol–water partition coefficient (Wildman–Crippen LogP) is 3.78. The number of hydrogen-bond donors (Lipinski definition) is 1. The minimum Gasteiger partial charge on any atom is -0.324 e. The van der Waals surface area contributed by atoms with Crippen LogP contribution < -0.4 is 5.73 Å². The molecule has 2 N–H and O–H groups in total. The van der Waals surface area contributed by atoms with Crippen molar-refractivity contribution in [2.24, 2.45) is 11.7 Å². The molecule has 2 heteroatoms. The van der Waals surface area contributed by atoms with E-state index in [1.165, 1.54) is 0 Å². The standard InChI is InChI=1S/C12H18ClN/c1-9(2)6-7-12(14)10-4-3-5-11(13)8-10/h3-5,8-9,12H,6-7,14H2,1-2H3/t12-/m0/s1. The molecule has 0 saturated heterocycles. The predicted molar refractivity (Wildman–Crippen MR) is 62.5 cm³/mol. The molecule has 14 heavy (non-hydrogen) atoms. The Hall–Kier alpha value is -0.530. The Morgan fingerprint density at radius 2 is 2.00 bits per heavy atom. The van der Waals surface area contributed by atoms with Crippen LogP contribution in [0.3, 0.4) is 0 Å². The van der Waals surface area contributed by atoms with Crippen LogP contribution in [0.5, 0.6) is 0 Å². The largest absolute Gasteiger partial charge is 0.324 e. The maximum Gasteiger partial charge on any atom is 0.0409 e. The van der Waals surface area contributed by atoms with Gasteiger partial charge < -0.3 is 5.73 Å². The molecule has 0 aliphatic rings. The Kier molecular flexibility index (Phi) is 4.43. The number of benzene rings is 1. The maximum absolute atomic E-state index is 6.05. The van der Waals surface area contributed by atoms with E-state index in [9.17, 15) is 0 Å². The second-order valence-corrected chi connectivity index (χ2v) is 4.57. The van der Waals surface area contributed by atoms with Crippen molar-refractivity contribution in [1.82, 2.24) is 0 Å². The van der Waals surface area contributed by atoms with Gasteiger partial charge in [0.1, 0.15) is 0 Å². The van der Waals surface area contributed by atoms with E-state index < -0.39 is 0 Å². The Labute approximate surface area is 91.3 Å². The highest BCUT2D eigenvalue weighted by atomic mass is 35.5. The number of hydrogen-bond acceptors (Lipinski definition) is 1. The van der Waals surface area contributed by atoms with E-state index in [0.717, 1.165) is 23.4 Å². The van der Waals surface area contributed by atoms with Gasteiger partial charge in [0.05, 0.1) is 0 Å². The fraction of sp³-hybridized carbons (Fsp3) is 0.500. The molecule has 1 rings (SSSR count). The zero-order valence-electron chi connectivity index (χ0n) is 8.83. The van der Waals surface area contributed by atoms with E-state index in [2.05, 4.69) is 13.8 Å². The molecule has 0 fully saturated rings. The zero-order valence-corrected chi connectivity index (χ0v) is 9.59. The first-order chi connectivity index (χ1) is 6.59. The van der Waals surface area contributed by atoms with Gasteiger partial charge in [-0.25, -0.2) is 0 Å². The van der Waals surface area contributed by atoms with Crippen molar-refractivity contribution in [2.75, 3.05) is 0 Å². The quantitative estimate of drug-likeness (QED) is 0.806. The van der Waals surface area contributed by atoms with Crippen LogP contribution in [-0.2, 0) is 0 Å². The lowest BCUT2D eigenvalue weighted by Gasteiger charge is -2.13. The summed E-state index contributed by atoms with van der Waals surface area (Å²) in [5.74, 6) is 0.709. The first kappa shape index (κ1) is 11.5. The number of nitrogens with two attached hydrogens (primary N) is 1. The highest BCUT2D eigenvalue weighted by Crippen LogP contribution is 2.21. The van der Waals surface area contributed by atoms with Crippen molar-refractivity contribution in [2.45, 2.75) is 32.7 Å². The maximum atomic E-state index is 6.05. The molecule has 0 radical (unpaired) electrons. The summed E-state index contributed by atoms with van der Waals surface area (Å²) in [6.45, 7) is 4.43. The second-order valence-electron chi connectivity index (χ2n) is 4.13. The third kappa shape index (κ3) is 3.69. The monoisotopic (exact) mass is 211 g/mol. The van der Waals surface area contributed by atoms with E-state index in [1.807, 2.05) is 24.3 Å². The minimum atomic E-state index is 0.121. The topological polar surface area (TPSA) is 26.0 Å². The lowest BCUT2D eigenvalue weighted by Crippen LogP contribution is -2.11. The summed E-state index contributed by atoms with van der Waals surface area (Å²) >= 11 is 5.90. The van der Waals surface area contributed by atoms with E-state index in [1.54, 1.807) is 0 Å². The third-order valence-electron chi connectivity index (χ3n) is 2.33. The SMILES string of the molecule is CC(C)CC[C@H](N)c1cccc(Cl)c1. The van der Waals surface area contributed by atoms with Crippen molar-refractivity contribution in [3.05, 3.63) is 34.9 Å². The molecule has 0 saturated carbocycles. The average Bonchev–Trinajstić information content (AvgIpc) is 2.14. The summed E-state index contributed by atoms with van der Waals surface area (Å²) in [6, 6.07) is 7.94. The molecule has 1 atom stereocenters. The van der Waals surface area contributed by atoms with Gasteiger partial charge in [0.25, 0.3) is 0 Å². The van der Waals surface area contributed by atoms with Crippen LogP contribution in [-0.4, -0.2) is 0 Å². The van der Waals surface area contributed by atoms with Crippen LogP contribution in [0.1, 0.15) is 38.3 Å². The first-order valence-corrected chi connectivity index (χ1v) is 5.48. The third-order valence-corrected chi connectivity index (χ3v) is 2.57. The molecule has 0 aliphatic carbocycles. The molecule has 1 aromatic carbocycles. The fourth-order valence-electron chi connectivity index (χ4n) is 1.42. The smallest absolute Gasteiger partial charge is 0.0409 e. The molecule has 0 unspecified atom stereocenters. The van der Waals surface area contributed by atoms with Gasteiger partial charge in [-0.1, -0.05) is 37.6 Å². The highest BCUT2D eigenvalue weighted by Gasteiger charge is 2.06. The molecular formula is C12H18ClN. The summed E-state index contributed by atoms with van der Waals surface area (Å²) in [4.78, 5) is 0. The van der Waals surface area contributed by atoms with Gasteiger partial charge in [0.15, 0.2) is 0 Å². The molecule has 0 spiro atoms. The van der Waals surface area contributed by atoms with Crippen LogP contribution in [0.25, 0.3) is 0 Å². The summed E-state index contributed by atoms with van der Waals surface area (Å²) in [6.07, 6.45) is 2.19. The molecule has 78 valence electrons. The normalized spacial score (nSPS) is 13.2. The Morgan fingerprint density at radius 1 is 1.29 bits per heavy atom. The van der Waals surface area contributed by atoms with Gasteiger partial charge in [0.2, 0.25) is 0 Å². The lowest BCUT2D eigenvalue weighted by molar-refractivity contribution is 0.507. The van der Waals surface area contributed by atoms with Gasteiger partial charge in [-0.05, 0) is 36.5 Å². The van der Waals surface area contributed by atoms with Crippen molar-refractivity contribution in [1.29, 1.82) is 0 Å². The van der Waals surface area contributed by atoms with Crippen LogP contribution >= 0.6 is 11.6 Å². The van der Waals surface area contributed by atoms with Crippen molar-refractivity contribution >= 4 is 11.6 Å². The highest BCUT2D eigenvalue weighted by molar-refractivity contribution is 6.30. The van der Waals surface area contributed by atoms with E-state index >= 15 is 0 Å². The molecule has 0 aliphatic heterocycles. The molecular weight excluding hydrogens is 194 g/mol. The van der Waals surface area contributed by atoms with Crippen molar-refractivity contribution < 1.29 is 0 Å².